The van der Waals surface area contributed by atoms with Gasteiger partial charge < -0.3 is 25.3 Å². The van der Waals surface area contributed by atoms with Crippen molar-refractivity contribution in [2.24, 2.45) is 4.99 Å². The molecule has 8 heteroatoms. The second-order valence-corrected chi connectivity index (χ2v) is 7.50. The molecule has 1 aliphatic rings. The zero-order chi connectivity index (χ0) is 21.7. The van der Waals surface area contributed by atoms with Crippen LogP contribution in [0.15, 0.2) is 53.8 Å². The second kappa shape index (κ2) is 12.8. The van der Waals surface area contributed by atoms with E-state index in [1.165, 1.54) is 0 Å². The average Bonchev–Trinajstić information content (AvgIpc) is 3.31. The third-order valence-corrected chi connectivity index (χ3v) is 5.06. The lowest BCUT2D eigenvalue weighted by Gasteiger charge is -2.26. The third kappa shape index (κ3) is 8.43. The molecule has 8 nitrogen and oxygen atoms in total. The lowest BCUT2D eigenvalue weighted by Crippen LogP contribution is -2.38. The van der Waals surface area contributed by atoms with Crippen molar-refractivity contribution >= 4 is 17.6 Å². The first-order valence-electron chi connectivity index (χ1n) is 11.0. The Labute approximate surface area is 184 Å². The number of nitrogens with one attached hydrogen (secondary N) is 3. The number of anilines is 1. The molecule has 0 atom stereocenters. The molecule has 1 aliphatic heterocycles. The molecule has 1 fully saturated rings. The van der Waals surface area contributed by atoms with Gasteiger partial charge in [-0.05, 0) is 36.8 Å². The van der Waals surface area contributed by atoms with E-state index in [0.717, 1.165) is 69.7 Å². The molecule has 0 spiro atoms. The van der Waals surface area contributed by atoms with Crippen LogP contribution in [0, 0.1) is 0 Å². The minimum absolute atomic E-state index is 0.0344. The first kappa shape index (κ1) is 22.8. The van der Waals surface area contributed by atoms with Gasteiger partial charge in [0.1, 0.15) is 0 Å². The van der Waals surface area contributed by atoms with Gasteiger partial charge in [-0.3, -0.25) is 9.69 Å². The van der Waals surface area contributed by atoms with Crippen molar-refractivity contribution < 1.29 is 9.53 Å². The van der Waals surface area contributed by atoms with E-state index in [1.807, 2.05) is 48.8 Å². The lowest BCUT2D eigenvalue weighted by atomic mass is 10.2. The summed E-state index contributed by atoms with van der Waals surface area (Å²) in [5, 5.41) is 9.64. The number of guanidine groups is 1. The van der Waals surface area contributed by atoms with Crippen molar-refractivity contribution in [3.63, 3.8) is 0 Å². The predicted molar refractivity (Wildman–Crippen MR) is 124 cm³/mol. The van der Waals surface area contributed by atoms with Crippen molar-refractivity contribution in [3.8, 4) is 0 Å². The maximum Gasteiger partial charge on any atom is 0.225 e. The zero-order valence-electron chi connectivity index (χ0n) is 18.3. The Balaban J connectivity index is 1.46. The molecule has 1 aromatic heterocycles. The molecular formula is C23H34N6O2. The Morgan fingerprint density at radius 2 is 1.90 bits per heavy atom. The minimum Gasteiger partial charge on any atom is -0.379 e. The lowest BCUT2D eigenvalue weighted by molar-refractivity contribution is -0.116. The predicted octanol–water partition coefficient (Wildman–Crippen LogP) is 1.90. The molecule has 0 unspecified atom stereocenters. The van der Waals surface area contributed by atoms with Crippen LogP contribution in [-0.4, -0.2) is 67.3 Å². The molecule has 31 heavy (non-hydrogen) atoms. The van der Waals surface area contributed by atoms with Crippen LogP contribution >= 0.6 is 0 Å². The smallest absolute Gasteiger partial charge is 0.225 e. The van der Waals surface area contributed by atoms with Gasteiger partial charge in [-0.15, -0.1) is 0 Å². The normalized spacial score (nSPS) is 14.9. The van der Waals surface area contributed by atoms with Gasteiger partial charge in [0.05, 0.1) is 19.8 Å². The highest BCUT2D eigenvalue weighted by Gasteiger charge is 2.12. The fourth-order valence-corrected chi connectivity index (χ4v) is 3.39. The van der Waals surface area contributed by atoms with Crippen LogP contribution in [0.1, 0.15) is 18.9 Å². The number of ether oxygens (including phenoxy) is 1. The monoisotopic (exact) mass is 426 g/mol. The Hall–Kier alpha value is -2.84. The van der Waals surface area contributed by atoms with E-state index < -0.39 is 0 Å². The molecule has 3 rings (SSSR count). The van der Waals surface area contributed by atoms with E-state index in [2.05, 4.69) is 37.3 Å². The van der Waals surface area contributed by atoms with Crippen molar-refractivity contribution in [1.29, 1.82) is 0 Å². The fourth-order valence-electron chi connectivity index (χ4n) is 3.39. The highest BCUT2D eigenvalue weighted by Crippen LogP contribution is 2.12. The fraction of sp³-hybridized carbons (Fsp3) is 0.478. The van der Waals surface area contributed by atoms with Crippen molar-refractivity contribution in [3.05, 3.63) is 54.4 Å². The highest BCUT2D eigenvalue weighted by molar-refractivity contribution is 5.90. The van der Waals surface area contributed by atoms with Crippen LogP contribution in [0.3, 0.4) is 0 Å². The number of hydrogen-bond acceptors (Lipinski definition) is 4. The van der Waals surface area contributed by atoms with Gasteiger partial charge in [-0.2, -0.15) is 0 Å². The number of aliphatic imine (C=N–C) groups is 1. The SMILES string of the molecule is CCNC(=NCc1cccc(NC(=O)CCN2CCOCC2)c1)NCCn1cccc1. The number of carbonyl (C=O) groups excluding carboxylic acids is 1. The summed E-state index contributed by atoms with van der Waals surface area (Å²) in [5.41, 5.74) is 1.86. The molecular weight excluding hydrogens is 392 g/mol. The van der Waals surface area contributed by atoms with Crippen LogP contribution < -0.4 is 16.0 Å². The summed E-state index contributed by atoms with van der Waals surface area (Å²) in [5.74, 6) is 0.821. The second-order valence-electron chi connectivity index (χ2n) is 7.50. The average molecular weight is 427 g/mol. The zero-order valence-corrected chi connectivity index (χ0v) is 18.3. The number of nitrogens with zero attached hydrogens (tertiary/aromatic N) is 3. The molecule has 2 heterocycles. The quantitative estimate of drug-likeness (QED) is 0.399. The molecule has 0 aliphatic carbocycles. The maximum atomic E-state index is 12.3. The topological polar surface area (TPSA) is 82.9 Å². The highest BCUT2D eigenvalue weighted by atomic mass is 16.5. The number of amides is 1. The number of morpholine rings is 1. The summed E-state index contributed by atoms with van der Waals surface area (Å²) in [7, 11) is 0. The van der Waals surface area contributed by atoms with Gasteiger partial charge in [0.15, 0.2) is 5.96 Å². The minimum atomic E-state index is 0.0344. The molecule has 2 aromatic rings. The van der Waals surface area contributed by atoms with Crippen LogP contribution in [0.2, 0.25) is 0 Å². The number of hydrogen-bond donors (Lipinski definition) is 3. The van der Waals surface area contributed by atoms with E-state index in [0.29, 0.717) is 13.0 Å². The van der Waals surface area contributed by atoms with Gasteiger partial charge in [-0.25, -0.2) is 4.99 Å². The molecule has 3 N–H and O–H groups in total. The van der Waals surface area contributed by atoms with Crippen LogP contribution in [0.4, 0.5) is 5.69 Å². The molecule has 0 radical (unpaired) electrons. The van der Waals surface area contributed by atoms with Crippen molar-refractivity contribution in [2.75, 3.05) is 51.3 Å². The first-order chi connectivity index (χ1) is 15.2. The summed E-state index contributed by atoms with van der Waals surface area (Å²) in [4.78, 5) is 19.3. The molecule has 0 saturated carbocycles. The number of aromatic nitrogens is 1. The van der Waals surface area contributed by atoms with Gasteiger partial charge in [0, 0.05) is 63.8 Å². The molecule has 1 aromatic carbocycles. The summed E-state index contributed by atoms with van der Waals surface area (Å²) >= 11 is 0. The standard InChI is InChI=1S/C23H34N6O2/c1-2-24-23(25-9-13-28-10-3-4-11-28)26-19-20-6-5-7-21(18-20)27-22(30)8-12-29-14-16-31-17-15-29/h3-7,10-11,18H,2,8-9,12-17,19H2,1H3,(H,27,30)(H2,24,25,26). The van der Waals surface area contributed by atoms with Crippen LogP contribution in [0.25, 0.3) is 0 Å². The van der Waals surface area contributed by atoms with Crippen molar-refractivity contribution in [2.45, 2.75) is 26.4 Å². The number of carbonyl (C=O) groups is 1. The molecule has 1 amide bonds. The molecule has 1 saturated heterocycles. The Kier molecular flexibility index (Phi) is 9.40. The van der Waals surface area contributed by atoms with E-state index in [9.17, 15) is 4.79 Å². The number of benzene rings is 1. The maximum absolute atomic E-state index is 12.3. The third-order valence-electron chi connectivity index (χ3n) is 5.06. The van der Waals surface area contributed by atoms with E-state index in [4.69, 9.17) is 4.74 Å². The van der Waals surface area contributed by atoms with Gasteiger partial charge in [0.25, 0.3) is 0 Å². The van der Waals surface area contributed by atoms with E-state index in [1.54, 1.807) is 0 Å². The summed E-state index contributed by atoms with van der Waals surface area (Å²) in [6.07, 6.45) is 4.58. The van der Waals surface area contributed by atoms with E-state index >= 15 is 0 Å². The Bertz CT molecular complexity index is 815. The van der Waals surface area contributed by atoms with Crippen LogP contribution in [0.5, 0.6) is 0 Å². The van der Waals surface area contributed by atoms with Gasteiger partial charge in [-0.1, -0.05) is 12.1 Å². The first-order valence-corrected chi connectivity index (χ1v) is 11.0. The largest absolute Gasteiger partial charge is 0.379 e. The molecule has 168 valence electrons. The Morgan fingerprint density at radius 1 is 1.10 bits per heavy atom. The molecule has 0 bridgehead atoms. The van der Waals surface area contributed by atoms with E-state index in [-0.39, 0.29) is 5.91 Å². The van der Waals surface area contributed by atoms with Crippen LogP contribution in [-0.2, 0) is 22.6 Å². The van der Waals surface area contributed by atoms with Crippen molar-refractivity contribution in [1.82, 2.24) is 20.1 Å². The number of rotatable bonds is 10. The summed E-state index contributed by atoms with van der Waals surface area (Å²) < 4.78 is 7.47. The summed E-state index contributed by atoms with van der Waals surface area (Å²) in [6, 6.07) is 11.9. The Morgan fingerprint density at radius 3 is 2.68 bits per heavy atom. The van der Waals surface area contributed by atoms with Gasteiger partial charge >= 0.3 is 0 Å². The summed E-state index contributed by atoms with van der Waals surface area (Å²) in [6.45, 7) is 9.12. The van der Waals surface area contributed by atoms with Gasteiger partial charge in [0.2, 0.25) is 5.91 Å².